The Balaban J connectivity index is 2.18. The fraction of sp³-hybridized carbons (Fsp3) is 0.238. The molecule has 1 nitrogen and oxygen atoms in total. The van der Waals surface area contributed by atoms with Gasteiger partial charge in [-0.3, -0.25) is 0 Å². The van der Waals surface area contributed by atoms with Gasteiger partial charge >= 0.3 is 0 Å². The third-order valence-corrected chi connectivity index (χ3v) is 6.85. The van der Waals surface area contributed by atoms with Gasteiger partial charge in [0, 0.05) is 20.6 Å². The maximum Gasteiger partial charge on any atom is 0.123 e. The highest BCUT2D eigenvalue weighted by Crippen LogP contribution is 2.53. The highest BCUT2D eigenvalue weighted by atomic mass is 32.2. The SMILES string of the molecule is CSc1cc2c(O)cc3c(c2cc1SC)-c1ccccc1C3(C)C. The normalized spacial score (nSPS) is 14.7. The molecule has 3 aromatic carbocycles. The zero-order valence-electron chi connectivity index (χ0n) is 14.3. The Bertz CT molecular complexity index is 973. The van der Waals surface area contributed by atoms with Gasteiger partial charge in [-0.2, -0.15) is 0 Å². The van der Waals surface area contributed by atoms with Crippen LogP contribution in [-0.4, -0.2) is 17.6 Å². The molecule has 0 saturated heterocycles. The summed E-state index contributed by atoms with van der Waals surface area (Å²) in [6, 6.07) is 15.0. The lowest BCUT2D eigenvalue weighted by molar-refractivity contribution is 0.479. The predicted molar refractivity (Wildman–Crippen MR) is 107 cm³/mol. The van der Waals surface area contributed by atoms with Crippen molar-refractivity contribution in [2.75, 3.05) is 12.5 Å². The lowest BCUT2D eigenvalue weighted by Gasteiger charge is -2.22. The predicted octanol–water partition coefficient (Wildman–Crippen LogP) is 6.30. The summed E-state index contributed by atoms with van der Waals surface area (Å²) >= 11 is 3.50. The van der Waals surface area contributed by atoms with Crippen molar-refractivity contribution in [2.45, 2.75) is 29.1 Å². The van der Waals surface area contributed by atoms with Crippen LogP contribution in [0.1, 0.15) is 25.0 Å². The van der Waals surface area contributed by atoms with Crippen molar-refractivity contribution in [1.82, 2.24) is 0 Å². The van der Waals surface area contributed by atoms with Crippen molar-refractivity contribution in [2.24, 2.45) is 0 Å². The van der Waals surface area contributed by atoms with Gasteiger partial charge < -0.3 is 5.11 Å². The second kappa shape index (κ2) is 5.47. The molecule has 4 rings (SSSR count). The van der Waals surface area contributed by atoms with E-state index in [1.807, 2.05) is 6.07 Å². The molecule has 0 fully saturated rings. The van der Waals surface area contributed by atoms with E-state index in [2.05, 4.69) is 62.8 Å². The molecule has 0 aromatic heterocycles. The van der Waals surface area contributed by atoms with Crippen LogP contribution < -0.4 is 0 Å². The number of phenolic OH excluding ortho intramolecular Hbond substituents is 1. The minimum atomic E-state index is -0.0880. The molecule has 0 unspecified atom stereocenters. The van der Waals surface area contributed by atoms with Crippen molar-refractivity contribution >= 4 is 34.3 Å². The Labute approximate surface area is 151 Å². The zero-order chi connectivity index (χ0) is 17.1. The van der Waals surface area contributed by atoms with E-state index in [4.69, 9.17) is 0 Å². The zero-order valence-corrected chi connectivity index (χ0v) is 15.9. The lowest BCUT2D eigenvalue weighted by atomic mass is 9.82. The minimum absolute atomic E-state index is 0.0880. The van der Waals surface area contributed by atoms with E-state index in [0.29, 0.717) is 5.75 Å². The van der Waals surface area contributed by atoms with E-state index in [0.717, 1.165) is 10.8 Å². The van der Waals surface area contributed by atoms with Crippen LogP contribution in [0, 0.1) is 0 Å². The summed E-state index contributed by atoms with van der Waals surface area (Å²) in [5.74, 6) is 0.382. The smallest absolute Gasteiger partial charge is 0.123 e. The van der Waals surface area contributed by atoms with E-state index < -0.39 is 0 Å². The standard InChI is InChI=1S/C21H20OS2/c1-21(2)15-8-6-5-7-12(15)20-14-10-19(24-4)18(23-3)9-13(14)17(22)11-16(20)21/h5-11,22H,1-4H3. The summed E-state index contributed by atoms with van der Waals surface area (Å²) < 4.78 is 0. The summed E-state index contributed by atoms with van der Waals surface area (Å²) in [4.78, 5) is 2.49. The Morgan fingerprint density at radius 1 is 0.833 bits per heavy atom. The first-order chi connectivity index (χ1) is 11.5. The summed E-state index contributed by atoms with van der Waals surface area (Å²) in [6.07, 6.45) is 4.20. The molecule has 0 aliphatic heterocycles. The first kappa shape index (κ1) is 15.9. The summed E-state index contributed by atoms with van der Waals surface area (Å²) in [7, 11) is 0. The second-order valence-corrected chi connectivity index (χ2v) is 8.44. The van der Waals surface area contributed by atoms with E-state index in [1.54, 1.807) is 23.5 Å². The number of phenols is 1. The molecule has 3 heteroatoms. The van der Waals surface area contributed by atoms with Crippen LogP contribution in [0.25, 0.3) is 21.9 Å². The van der Waals surface area contributed by atoms with Gasteiger partial charge in [0.2, 0.25) is 0 Å². The number of benzene rings is 3. The third kappa shape index (κ3) is 2.04. The molecular formula is C21H20OS2. The Kier molecular flexibility index (Phi) is 3.63. The van der Waals surface area contributed by atoms with E-state index >= 15 is 0 Å². The van der Waals surface area contributed by atoms with Crippen LogP contribution in [-0.2, 0) is 5.41 Å². The molecule has 1 aliphatic rings. The van der Waals surface area contributed by atoms with Gasteiger partial charge in [0.15, 0.2) is 0 Å². The summed E-state index contributed by atoms with van der Waals surface area (Å²) in [5, 5.41) is 12.8. The van der Waals surface area contributed by atoms with Crippen molar-refractivity contribution in [1.29, 1.82) is 0 Å². The highest BCUT2D eigenvalue weighted by molar-refractivity contribution is 8.01. The van der Waals surface area contributed by atoms with Crippen LogP contribution in [0.3, 0.4) is 0 Å². The average Bonchev–Trinajstić information content (AvgIpc) is 2.82. The second-order valence-electron chi connectivity index (χ2n) is 6.74. The molecule has 0 spiro atoms. The number of fused-ring (bicyclic) bond motifs is 5. The maximum absolute atomic E-state index is 10.7. The molecule has 1 N–H and O–H groups in total. The maximum atomic E-state index is 10.7. The largest absolute Gasteiger partial charge is 0.507 e. The summed E-state index contributed by atoms with van der Waals surface area (Å²) in [6.45, 7) is 4.49. The van der Waals surface area contributed by atoms with E-state index in [1.165, 1.54) is 32.0 Å². The number of thioether (sulfide) groups is 2. The molecule has 0 saturated carbocycles. The van der Waals surface area contributed by atoms with Crippen LogP contribution in [0.15, 0.2) is 52.3 Å². The van der Waals surface area contributed by atoms with Crippen LogP contribution in [0.2, 0.25) is 0 Å². The number of rotatable bonds is 2. The number of hydrogen-bond donors (Lipinski definition) is 1. The molecule has 0 radical (unpaired) electrons. The van der Waals surface area contributed by atoms with Crippen LogP contribution in [0.4, 0.5) is 0 Å². The van der Waals surface area contributed by atoms with Crippen molar-refractivity contribution in [3.63, 3.8) is 0 Å². The molecule has 3 aromatic rings. The number of aromatic hydroxyl groups is 1. The molecule has 0 atom stereocenters. The molecule has 24 heavy (non-hydrogen) atoms. The van der Waals surface area contributed by atoms with Crippen LogP contribution >= 0.6 is 23.5 Å². The van der Waals surface area contributed by atoms with Gasteiger partial charge in [-0.15, -0.1) is 23.5 Å². The minimum Gasteiger partial charge on any atom is -0.507 e. The monoisotopic (exact) mass is 352 g/mol. The number of hydrogen-bond acceptors (Lipinski definition) is 3. The van der Waals surface area contributed by atoms with Gasteiger partial charge in [0.1, 0.15) is 5.75 Å². The van der Waals surface area contributed by atoms with E-state index in [9.17, 15) is 5.11 Å². The fourth-order valence-electron chi connectivity index (χ4n) is 3.90. The van der Waals surface area contributed by atoms with Gasteiger partial charge in [0.05, 0.1) is 0 Å². The van der Waals surface area contributed by atoms with Gasteiger partial charge in [-0.1, -0.05) is 38.1 Å². The first-order valence-electron chi connectivity index (χ1n) is 8.01. The Morgan fingerprint density at radius 3 is 2.12 bits per heavy atom. The summed E-state index contributed by atoms with van der Waals surface area (Å²) in [5.41, 5.74) is 5.05. The molecule has 0 amide bonds. The van der Waals surface area contributed by atoms with Crippen LogP contribution in [0.5, 0.6) is 5.75 Å². The topological polar surface area (TPSA) is 20.2 Å². The molecule has 122 valence electrons. The molecule has 1 aliphatic carbocycles. The third-order valence-electron chi connectivity index (χ3n) is 5.16. The fourth-order valence-corrected chi connectivity index (χ4v) is 5.40. The molecular weight excluding hydrogens is 332 g/mol. The van der Waals surface area contributed by atoms with Crippen molar-refractivity contribution in [3.05, 3.63) is 53.6 Å². The Hall–Kier alpha value is -1.58. The Morgan fingerprint density at radius 2 is 1.46 bits per heavy atom. The highest BCUT2D eigenvalue weighted by Gasteiger charge is 2.37. The van der Waals surface area contributed by atoms with E-state index in [-0.39, 0.29) is 5.41 Å². The quantitative estimate of drug-likeness (QED) is 0.547. The average molecular weight is 353 g/mol. The first-order valence-corrected chi connectivity index (χ1v) is 10.5. The van der Waals surface area contributed by atoms with Crippen molar-refractivity contribution < 1.29 is 5.11 Å². The van der Waals surface area contributed by atoms with Gasteiger partial charge in [-0.05, 0) is 58.4 Å². The van der Waals surface area contributed by atoms with Gasteiger partial charge in [-0.25, -0.2) is 0 Å². The van der Waals surface area contributed by atoms with Gasteiger partial charge in [0.25, 0.3) is 0 Å². The molecule has 0 bridgehead atoms. The molecule has 0 heterocycles. The van der Waals surface area contributed by atoms with Crippen molar-refractivity contribution in [3.8, 4) is 16.9 Å². The lowest BCUT2D eigenvalue weighted by Crippen LogP contribution is -2.14.